The molecule has 0 radical (unpaired) electrons. The summed E-state index contributed by atoms with van der Waals surface area (Å²) < 4.78 is 45.4. The molecule has 39 heavy (non-hydrogen) atoms. The lowest BCUT2D eigenvalue weighted by Gasteiger charge is -2.36. The Bertz CT molecular complexity index is 1330. The molecule has 2 aliphatic heterocycles. The Labute approximate surface area is 235 Å². The molecule has 0 aliphatic carbocycles. The summed E-state index contributed by atoms with van der Waals surface area (Å²) in [6, 6.07) is 4.96. The lowest BCUT2D eigenvalue weighted by molar-refractivity contribution is -0.151. The third-order valence-electron chi connectivity index (χ3n) is 7.48. The zero-order valence-corrected chi connectivity index (χ0v) is 23.5. The van der Waals surface area contributed by atoms with Crippen molar-refractivity contribution in [2.24, 2.45) is 11.8 Å². The molecule has 2 aromatic carbocycles. The molecule has 0 aromatic heterocycles. The third kappa shape index (κ3) is 5.48. The number of carbonyl (C=O) groups excluding carboxylic acids is 3. The average Bonchev–Trinajstić information content (AvgIpc) is 3.20. The van der Waals surface area contributed by atoms with Gasteiger partial charge in [0.25, 0.3) is 11.8 Å². The van der Waals surface area contributed by atoms with E-state index in [1.807, 2.05) is 6.92 Å². The van der Waals surface area contributed by atoms with E-state index in [-0.39, 0.29) is 58.0 Å². The molecule has 2 aliphatic rings. The number of amides is 2. The van der Waals surface area contributed by atoms with E-state index in [0.29, 0.717) is 36.3 Å². The molecule has 4 rings (SSSR count). The minimum atomic E-state index is -4.51. The first-order chi connectivity index (χ1) is 18.3. The minimum absolute atomic E-state index is 0.0293. The van der Waals surface area contributed by atoms with E-state index in [0.717, 1.165) is 12.1 Å². The molecule has 1 saturated heterocycles. The third-order valence-corrected chi connectivity index (χ3v) is 8.18. The van der Waals surface area contributed by atoms with Crippen LogP contribution in [0.25, 0.3) is 0 Å². The predicted molar refractivity (Wildman–Crippen MR) is 143 cm³/mol. The summed E-state index contributed by atoms with van der Waals surface area (Å²) in [7, 11) is 0. The van der Waals surface area contributed by atoms with Gasteiger partial charge in [0.15, 0.2) is 0 Å². The second-order valence-corrected chi connectivity index (χ2v) is 11.0. The highest BCUT2D eigenvalue weighted by Crippen LogP contribution is 2.44. The number of fused-ring (bicyclic) bond motifs is 1. The van der Waals surface area contributed by atoms with Gasteiger partial charge in [0.1, 0.15) is 0 Å². The number of aryl methyl sites for hydroxylation is 1. The van der Waals surface area contributed by atoms with Gasteiger partial charge in [0, 0.05) is 25.6 Å². The Morgan fingerprint density at radius 2 is 1.77 bits per heavy atom. The molecular weight excluding hydrogens is 556 g/mol. The van der Waals surface area contributed by atoms with E-state index in [2.05, 4.69) is 0 Å². The summed E-state index contributed by atoms with van der Waals surface area (Å²) in [5, 5.41) is -0.0926. The number of hydrogen-bond donors (Lipinski definition) is 0. The van der Waals surface area contributed by atoms with Crippen molar-refractivity contribution in [3.8, 4) is 0 Å². The first-order valence-electron chi connectivity index (χ1n) is 12.7. The van der Waals surface area contributed by atoms with Crippen LogP contribution < -0.4 is 4.90 Å². The van der Waals surface area contributed by atoms with Crippen molar-refractivity contribution in [2.45, 2.75) is 46.2 Å². The molecule has 6 nitrogen and oxygen atoms in total. The van der Waals surface area contributed by atoms with Crippen LogP contribution in [0.15, 0.2) is 24.3 Å². The summed E-state index contributed by atoms with van der Waals surface area (Å²) in [6.45, 7) is 7.93. The molecule has 2 amide bonds. The maximum atomic E-state index is 13.8. The van der Waals surface area contributed by atoms with E-state index >= 15 is 0 Å². The van der Waals surface area contributed by atoms with Crippen molar-refractivity contribution in [1.29, 1.82) is 0 Å². The van der Waals surface area contributed by atoms with Crippen molar-refractivity contribution in [1.82, 2.24) is 4.90 Å². The van der Waals surface area contributed by atoms with Crippen LogP contribution >= 0.6 is 23.2 Å². The number of benzene rings is 2. The van der Waals surface area contributed by atoms with E-state index in [9.17, 15) is 27.6 Å². The number of carbonyl (C=O) groups is 3. The van der Waals surface area contributed by atoms with E-state index < -0.39 is 23.6 Å². The first-order valence-corrected chi connectivity index (χ1v) is 13.5. The smallest absolute Gasteiger partial charge is 0.416 e. The van der Waals surface area contributed by atoms with Gasteiger partial charge in [-0.3, -0.25) is 14.4 Å². The van der Waals surface area contributed by atoms with Crippen LogP contribution in [0.1, 0.15) is 70.5 Å². The highest BCUT2D eigenvalue weighted by Gasteiger charge is 2.39. The fraction of sp³-hybridized carbons (Fsp3) is 0.464. The van der Waals surface area contributed by atoms with Gasteiger partial charge in [-0.2, -0.15) is 13.2 Å². The van der Waals surface area contributed by atoms with Crippen molar-refractivity contribution in [3.05, 3.63) is 62.1 Å². The van der Waals surface area contributed by atoms with Crippen LogP contribution in [0.3, 0.4) is 0 Å². The normalized spacial score (nSPS) is 21.1. The molecule has 0 N–H and O–H groups in total. The molecule has 1 fully saturated rings. The average molecular weight is 585 g/mol. The number of likely N-dealkylation sites (tertiary alicyclic amines) is 1. The van der Waals surface area contributed by atoms with Crippen molar-refractivity contribution in [3.63, 3.8) is 0 Å². The fourth-order valence-corrected chi connectivity index (χ4v) is 6.12. The van der Waals surface area contributed by atoms with Crippen molar-refractivity contribution in [2.75, 3.05) is 31.1 Å². The standard InChI is InChI=1S/C28H29Cl2F3N2O4/c1-5-39-27(38)18-8-9-34(12-15(18)3)25(36)19-6-7-21(29)22(23(19)30)26(37)35-13-16(4)20-11-17(28(31,32)33)10-14(2)24(20)35/h6-7,10-11,15-16,18H,5,8-9,12-13H2,1-4H3. The van der Waals surface area contributed by atoms with Gasteiger partial charge in [-0.1, -0.05) is 37.0 Å². The van der Waals surface area contributed by atoms with Gasteiger partial charge >= 0.3 is 12.1 Å². The van der Waals surface area contributed by atoms with E-state index in [1.54, 1.807) is 18.7 Å². The molecular formula is C28H29Cl2F3N2O4. The van der Waals surface area contributed by atoms with Crippen LogP contribution in [0.4, 0.5) is 18.9 Å². The maximum Gasteiger partial charge on any atom is 0.416 e. The molecule has 0 spiro atoms. The van der Waals surface area contributed by atoms with Gasteiger partial charge in [0.05, 0.1) is 44.9 Å². The second kappa shape index (κ2) is 11.0. The van der Waals surface area contributed by atoms with E-state index in [1.165, 1.54) is 24.0 Å². The summed E-state index contributed by atoms with van der Waals surface area (Å²) >= 11 is 13.0. The number of hydrogen-bond acceptors (Lipinski definition) is 4. The number of alkyl halides is 3. The van der Waals surface area contributed by atoms with Crippen molar-refractivity contribution >= 4 is 46.7 Å². The summed E-state index contributed by atoms with van der Waals surface area (Å²) in [6.07, 6.45) is -4.08. The largest absolute Gasteiger partial charge is 0.466 e. The number of nitrogens with zero attached hydrogens (tertiary/aromatic N) is 2. The van der Waals surface area contributed by atoms with Crippen LogP contribution in [0.5, 0.6) is 0 Å². The van der Waals surface area contributed by atoms with Crippen LogP contribution in [-0.2, 0) is 15.7 Å². The van der Waals surface area contributed by atoms with Gasteiger partial charge in [0.2, 0.25) is 0 Å². The minimum Gasteiger partial charge on any atom is -0.466 e. The summed E-state index contributed by atoms with van der Waals surface area (Å²) in [4.78, 5) is 42.4. The number of rotatable bonds is 4. The Kier molecular flexibility index (Phi) is 8.24. The monoisotopic (exact) mass is 584 g/mol. The summed E-state index contributed by atoms with van der Waals surface area (Å²) in [5.74, 6) is -2.09. The Morgan fingerprint density at radius 1 is 1.08 bits per heavy atom. The molecule has 210 valence electrons. The molecule has 0 bridgehead atoms. The number of anilines is 1. The highest BCUT2D eigenvalue weighted by molar-refractivity contribution is 6.42. The molecule has 0 saturated carbocycles. The van der Waals surface area contributed by atoms with Gasteiger partial charge in [-0.15, -0.1) is 0 Å². The molecule has 11 heteroatoms. The van der Waals surface area contributed by atoms with Gasteiger partial charge < -0.3 is 14.5 Å². The molecule has 3 unspecified atom stereocenters. The number of esters is 1. The Balaban J connectivity index is 1.63. The zero-order valence-electron chi connectivity index (χ0n) is 22.0. The lowest BCUT2D eigenvalue weighted by Crippen LogP contribution is -2.45. The van der Waals surface area contributed by atoms with E-state index in [4.69, 9.17) is 27.9 Å². The number of ether oxygens (including phenoxy) is 1. The number of halogens is 5. The highest BCUT2D eigenvalue weighted by atomic mass is 35.5. The van der Waals surface area contributed by atoms with Gasteiger partial charge in [-0.05, 0) is 61.6 Å². The van der Waals surface area contributed by atoms with Crippen LogP contribution in [0.2, 0.25) is 10.0 Å². The van der Waals surface area contributed by atoms with Crippen molar-refractivity contribution < 1.29 is 32.3 Å². The number of piperidine rings is 1. The zero-order chi connectivity index (χ0) is 28.8. The predicted octanol–water partition coefficient (Wildman–Crippen LogP) is 6.75. The SMILES string of the molecule is CCOC(=O)C1CCN(C(=O)c2ccc(Cl)c(C(=O)N3CC(C)c4cc(C(F)(F)F)cc(C)c43)c2Cl)CC1C. The Hall–Kier alpha value is -2.78. The second-order valence-electron chi connectivity index (χ2n) is 10.2. The van der Waals surface area contributed by atoms with Gasteiger partial charge in [-0.25, -0.2) is 0 Å². The maximum absolute atomic E-state index is 13.8. The van der Waals surface area contributed by atoms with Crippen LogP contribution in [-0.4, -0.2) is 48.9 Å². The first kappa shape index (κ1) is 29.2. The molecule has 2 aromatic rings. The quantitative estimate of drug-likeness (QED) is 0.373. The Morgan fingerprint density at radius 3 is 2.38 bits per heavy atom. The topological polar surface area (TPSA) is 66.9 Å². The fourth-order valence-electron chi connectivity index (χ4n) is 5.51. The summed E-state index contributed by atoms with van der Waals surface area (Å²) in [5.41, 5.74) is 0.327. The molecule has 3 atom stereocenters. The lowest BCUT2D eigenvalue weighted by atomic mass is 9.86. The van der Waals surface area contributed by atoms with Crippen LogP contribution in [0, 0.1) is 18.8 Å². The molecule has 2 heterocycles.